The predicted molar refractivity (Wildman–Crippen MR) is 91.7 cm³/mol. The topological polar surface area (TPSA) is 15.3 Å². The van der Waals surface area contributed by atoms with Crippen molar-refractivity contribution in [3.05, 3.63) is 65.2 Å². The van der Waals surface area contributed by atoms with Gasteiger partial charge in [-0.25, -0.2) is 0 Å². The van der Waals surface area contributed by atoms with Gasteiger partial charge < -0.3 is 10.2 Å². The van der Waals surface area contributed by atoms with E-state index in [1.807, 2.05) is 0 Å². The molecule has 0 saturated carbocycles. The van der Waals surface area contributed by atoms with Crippen LogP contribution in [0.25, 0.3) is 0 Å². The molecule has 2 heteroatoms. The lowest BCUT2D eigenvalue weighted by Gasteiger charge is -2.26. The van der Waals surface area contributed by atoms with Gasteiger partial charge in [0.05, 0.1) is 0 Å². The standard InChI is InChI=1S/C19H26N2/c1-4-20-14-17-11-7-8-12-18(17)15-21(5-2)19-13-9-6-10-16(19)3/h6-13,20H,4-5,14-15H2,1-3H3. The summed E-state index contributed by atoms with van der Waals surface area (Å²) in [6.45, 7) is 10.5. The highest BCUT2D eigenvalue weighted by atomic mass is 15.1. The van der Waals surface area contributed by atoms with Crippen molar-refractivity contribution in [2.75, 3.05) is 18.0 Å². The van der Waals surface area contributed by atoms with Crippen molar-refractivity contribution >= 4 is 5.69 Å². The zero-order valence-corrected chi connectivity index (χ0v) is 13.4. The molecule has 112 valence electrons. The van der Waals surface area contributed by atoms with E-state index in [0.717, 1.165) is 26.2 Å². The van der Waals surface area contributed by atoms with Crippen molar-refractivity contribution in [2.45, 2.75) is 33.9 Å². The summed E-state index contributed by atoms with van der Waals surface area (Å²) in [7, 11) is 0. The van der Waals surface area contributed by atoms with E-state index >= 15 is 0 Å². The summed E-state index contributed by atoms with van der Waals surface area (Å²) in [5, 5.41) is 3.43. The lowest BCUT2D eigenvalue weighted by Crippen LogP contribution is -2.24. The number of hydrogen-bond donors (Lipinski definition) is 1. The molecule has 0 heterocycles. The number of nitrogens with one attached hydrogen (secondary N) is 1. The molecular formula is C19H26N2. The van der Waals surface area contributed by atoms with Crippen molar-refractivity contribution in [1.29, 1.82) is 0 Å². The normalized spacial score (nSPS) is 10.6. The first-order valence-corrected chi connectivity index (χ1v) is 7.84. The third-order valence-corrected chi connectivity index (χ3v) is 3.88. The van der Waals surface area contributed by atoms with Crippen LogP contribution in [0.5, 0.6) is 0 Å². The molecule has 1 N–H and O–H groups in total. The molecule has 21 heavy (non-hydrogen) atoms. The maximum atomic E-state index is 3.43. The SMILES string of the molecule is CCNCc1ccccc1CN(CC)c1ccccc1C. The van der Waals surface area contributed by atoms with Crippen LogP contribution in [0.3, 0.4) is 0 Å². The third kappa shape index (κ3) is 4.08. The van der Waals surface area contributed by atoms with Gasteiger partial charge in [0.2, 0.25) is 0 Å². The fourth-order valence-corrected chi connectivity index (χ4v) is 2.64. The van der Waals surface area contributed by atoms with Gasteiger partial charge in [0, 0.05) is 25.3 Å². The largest absolute Gasteiger partial charge is 0.367 e. The lowest BCUT2D eigenvalue weighted by molar-refractivity contribution is 0.714. The number of hydrogen-bond acceptors (Lipinski definition) is 2. The van der Waals surface area contributed by atoms with Gasteiger partial charge in [0.15, 0.2) is 0 Å². The van der Waals surface area contributed by atoms with Gasteiger partial charge in [-0.05, 0) is 43.1 Å². The third-order valence-electron chi connectivity index (χ3n) is 3.88. The molecule has 0 aliphatic carbocycles. The van der Waals surface area contributed by atoms with Gasteiger partial charge in [0.1, 0.15) is 0 Å². The minimum atomic E-state index is 0.942. The van der Waals surface area contributed by atoms with Gasteiger partial charge in [-0.3, -0.25) is 0 Å². The van der Waals surface area contributed by atoms with E-state index in [-0.39, 0.29) is 0 Å². The van der Waals surface area contributed by atoms with Crippen LogP contribution in [0.1, 0.15) is 30.5 Å². The quantitative estimate of drug-likeness (QED) is 0.821. The van der Waals surface area contributed by atoms with Gasteiger partial charge in [-0.2, -0.15) is 0 Å². The van der Waals surface area contributed by atoms with E-state index in [0.29, 0.717) is 0 Å². The first-order valence-electron chi connectivity index (χ1n) is 7.84. The lowest BCUT2D eigenvalue weighted by atomic mass is 10.1. The number of rotatable bonds is 7. The monoisotopic (exact) mass is 282 g/mol. The van der Waals surface area contributed by atoms with Crippen molar-refractivity contribution in [2.24, 2.45) is 0 Å². The van der Waals surface area contributed by atoms with Crippen LogP contribution in [-0.2, 0) is 13.1 Å². The molecule has 2 nitrogen and oxygen atoms in total. The summed E-state index contributed by atoms with van der Waals surface area (Å²) in [5.74, 6) is 0. The molecule has 0 fully saturated rings. The van der Waals surface area contributed by atoms with Crippen LogP contribution in [-0.4, -0.2) is 13.1 Å². The van der Waals surface area contributed by atoms with E-state index < -0.39 is 0 Å². The average Bonchev–Trinajstić information content (AvgIpc) is 2.52. The zero-order chi connectivity index (χ0) is 15.1. The number of benzene rings is 2. The molecule has 0 aliphatic rings. The van der Waals surface area contributed by atoms with E-state index in [9.17, 15) is 0 Å². The number of nitrogens with zero attached hydrogens (tertiary/aromatic N) is 1. The zero-order valence-electron chi connectivity index (χ0n) is 13.4. The van der Waals surface area contributed by atoms with Crippen molar-refractivity contribution in [3.63, 3.8) is 0 Å². The summed E-state index contributed by atoms with van der Waals surface area (Å²) >= 11 is 0. The molecule has 2 aromatic rings. The summed E-state index contributed by atoms with van der Waals surface area (Å²) in [6, 6.07) is 17.4. The Morgan fingerprint density at radius 1 is 0.905 bits per heavy atom. The Morgan fingerprint density at radius 2 is 1.57 bits per heavy atom. The minimum absolute atomic E-state index is 0.942. The molecule has 0 unspecified atom stereocenters. The first kappa shape index (κ1) is 15.6. The second-order valence-electron chi connectivity index (χ2n) is 5.35. The molecule has 0 amide bonds. The van der Waals surface area contributed by atoms with Crippen LogP contribution in [0.2, 0.25) is 0 Å². The van der Waals surface area contributed by atoms with E-state index in [1.165, 1.54) is 22.4 Å². The summed E-state index contributed by atoms with van der Waals surface area (Å²) in [5.41, 5.74) is 5.47. The second-order valence-corrected chi connectivity index (χ2v) is 5.35. The Balaban J connectivity index is 2.21. The molecule has 2 rings (SSSR count). The van der Waals surface area contributed by atoms with Crippen LogP contribution < -0.4 is 10.2 Å². The Kier molecular flexibility index (Phi) is 5.82. The summed E-state index contributed by atoms with van der Waals surface area (Å²) in [4.78, 5) is 2.44. The highest BCUT2D eigenvalue weighted by molar-refractivity contribution is 5.53. The number of para-hydroxylation sites is 1. The van der Waals surface area contributed by atoms with Crippen LogP contribution in [0.15, 0.2) is 48.5 Å². The van der Waals surface area contributed by atoms with Crippen LogP contribution in [0.4, 0.5) is 5.69 Å². The Hall–Kier alpha value is -1.80. The van der Waals surface area contributed by atoms with Gasteiger partial charge in [-0.1, -0.05) is 49.4 Å². The first-order chi connectivity index (χ1) is 10.3. The van der Waals surface area contributed by atoms with Crippen LogP contribution >= 0.6 is 0 Å². The Bertz CT molecular complexity index is 563. The van der Waals surface area contributed by atoms with Crippen LogP contribution in [0, 0.1) is 6.92 Å². The van der Waals surface area contributed by atoms with Crippen molar-refractivity contribution < 1.29 is 0 Å². The molecule has 0 aliphatic heterocycles. The molecule has 0 bridgehead atoms. The molecule has 0 aromatic heterocycles. The molecule has 0 radical (unpaired) electrons. The molecule has 0 atom stereocenters. The smallest absolute Gasteiger partial charge is 0.0432 e. The second kappa shape index (κ2) is 7.84. The Morgan fingerprint density at radius 3 is 2.24 bits per heavy atom. The van der Waals surface area contributed by atoms with Gasteiger partial charge in [0.25, 0.3) is 0 Å². The van der Waals surface area contributed by atoms with E-state index in [1.54, 1.807) is 0 Å². The minimum Gasteiger partial charge on any atom is -0.367 e. The fraction of sp³-hybridized carbons (Fsp3) is 0.368. The number of aryl methyl sites for hydroxylation is 1. The number of anilines is 1. The van der Waals surface area contributed by atoms with E-state index in [4.69, 9.17) is 0 Å². The maximum Gasteiger partial charge on any atom is 0.0432 e. The molecule has 0 saturated heterocycles. The highest BCUT2D eigenvalue weighted by Gasteiger charge is 2.10. The average molecular weight is 282 g/mol. The fourth-order valence-electron chi connectivity index (χ4n) is 2.64. The van der Waals surface area contributed by atoms with Crippen molar-refractivity contribution in [1.82, 2.24) is 5.32 Å². The van der Waals surface area contributed by atoms with Gasteiger partial charge in [-0.15, -0.1) is 0 Å². The summed E-state index contributed by atoms with van der Waals surface area (Å²) < 4.78 is 0. The predicted octanol–water partition coefficient (Wildman–Crippen LogP) is 4.13. The maximum absolute atomic E-state index is 3.43. The molecule has 0 spiro atoms. The van der Waals surface area contributed by atoms with Gasteiger partial charge >= 0.3 is 0 Å². The van der Waals surface area contributed by atoms with Crippen molar-refractivity contribution in [3.8, 4) is 0 Å². The Labute approximate surface area is 128 Å². The highest BCUT2D eigenvalue weighted by Crippen LogP contribution is 2.22. The summed E-state index contributed by atoms with van der Waals surface area (Å²) in [6.07, 6.45) is 0. The molecular weight excluding hydrogens is 256 g/mol. The molecule has 2 aromatic carbocycles. The van der Waals surface area contributed by atoms with E-state index in [2.05, 4.69) is 79.5 Å².